The second-order valence-corrected chi connectivity index (χ2v) is 4.49. The zero-order valence-corrected chi connectivity index (χ0v) is 10.9. The number of benzene rings is 2. The number of rotatable bonds is 4. The molecule has 0 radical (unpaired) electrons. The van der Waals surface area contributed by atoms with Crippen LogP contribution in [-0.4, -0.2) is 17.2 Å². The van der Waals surface area contributed by atoms with Crippen LogP contribution >= 0.6 is 11.6 Å². The molecule has 2 N–H and O–H groups in total. The van der Waals surface area contributed by atoms with E-state index in [1.54, 1.807) is 0 Å². The van der Waals surface area contributed by atoms with E-state index in [1.165, 1.54) is 24.3 Å². The summed E-state index contributed by atoms with van der Waals surface area (Å²) in [5.41, 5.74) is 0.0872. The van der Waals surface area contributed by atoms with Crippen LogP contribution in [0.1, 0.15) is 5.56 Å². The third-order valence-corrected chi connectivity index (χ3v) is 2.99. The van der Waals surface area contributed by atoms with Gasteiger partial charge in [-0.15, -0.1) is 0 Å². The monoisotopic (exact) mass is 298 g/mol. The van der Waals surface area contributed by atoms with Gasteiger partial charge in [-0.05, 0) is 29.7 Å². The molecule has 3 nitrogen and oxygen atoms in total. The van der Waals surface area contributed by atoms with Crippen molar-refractivity contribution < 1.29 is 23.6 Å². The van der Waals surface area contributed by atoms with E-state index in [1.807, 2.05) is 0 Å². The highest BCUT2D eigenvalue weighted by Crippen LogP contribution is 2.21. The molecule has 0 bridgehead atoms. The minimum atomic E-state index is -1.81. The Morgan fingerprint density at radius 2 is 1.90 bits per heavy atom. The fourth-order valence-corrected chi connectivity index (χ4v) is 1.86. The van der Waals surface area contributed by atoms with Crippen molar-refractivity contribution in [1.29, 1.82) is 0 Å². The molecule has 104 valence electrons. The van der Waals surface area contributed by atoms with Crippen LogP contribution in [0.25, 0.3) is 0 Å². The quantitative estimate of drug-likeness (QED) is 0.847. The van der Waals surface area contributed by atoms with E-state index in [0.717, 1.165) is 12.1 Å². The van der Waals surface area contributed by atoms with Gasteiger partial charge in [-0.25, -0.2) is 8.78 Å². The second kappa shape index (κ2) is 6.22. The summed E-state index contributed by atoms with van der Waals surface area (Å²) in [4.78, 5) is 0. The molecule has 0 aromatic heterocycles. The second-order valence-electron chi connectivity index (χ2n) is 4.08. The fraction of sp³-hybridized carbons (Fsp3) is 0.0769. The minimum Gasteiger partial charge on any atom is -0.489 e. The molecule has 0 unspecified atom stereocenters. The normalized spacial score (nSPS) is 10.4. The number of hydrogen-bond acceptors (Lipinski definition) is 3. The predicted molar refractivity (Wildman–Crippen MR) is 72.0 cm³/mol. The SMILES string of the molecule is OB(O)c1cc(F)cc(OCc2c(F)cccc2Cl)c1. The molecule has 2 aromatic carbocycles. The van der Waals surface area contributed by atoms with Crippen molar-refractivity contribution in [2.75, 3.05) is 0 Å². The first-order valence-electron chi connectivity index (χ1n) is 5.69. The molecule has 0 heterocycles. The van der Waals surface area contributed by atoms with E-state index in [2.05, 4.69) is 0 Å². The van der Waals surface area contributed by atoms with Gasteiger partial charge in [0, 0.05) is 11.6 Å². The first-order chi connectivity index (χ1) is 9.47. The Balaban J connectivity index is 2.19. The van der Waals surface area contributed by atoms with Gasteiger partial charge >= 0.3 is 7.12 Å². The highest BCUT2D eigenvalue weighted by atomic mass is 35.5. The van der Waals surface area contributed by atoms with Gasteiger partial charge in [-0.2, -0.15) is 0 Å². The van der Waals surface area contributed by atoms with Crippen molar-refractivity contribution in [3.8, 4) is 5.75 Å². The maximum atomic E-state index is 13.5. The van der Waals surface area contributed by atoms with E-state index >= 15 is 0 Å². The zero-order chi connectivity index (χ0) is 14.7. The van der Waals surface area contributed by atoms with E-state index in [0.29, 0.717) is 0 Å². The molecule has 0 spiro atoms. The summed E-state index contributed by atoms with van der Waals surface area (Å²) >= 11 is 5.83. The number of hydrogen-bond donors (Lipinski definition) is 2. The van der Waals surface area contributed by atoms with E-state index < -0.39 is 18.8 Å². The lowest BCUT2D eigenvalue weighted by Gasteiger charge is -2.10. The Hall–Kier alpha value is -1.63. The van der Waals surface area contributed by atoms with Gasteiger partial charge in [0.25, 0.3) is 0 Å². The molecule has 0 fully saturated rings. The Bertz CT molecular complexity index is 602. The van der Waals surface area contributed by atoms with Crippen molar-refractivity contribution in [2.24, 2.45) is 0 Å². The lowest BCUT2D eigenvalue weighted by Crippen LogP contribution is -2.30. The van der Waals surface area contributed by atoms with Gasteiger partial charge in [-0.1, -0.05) is 17.7 Å². The Morgan fingerprint density at radius 3 is 2.55 bits per heavy atom. The number of ether oxygens (including phenoxy) is 1. The molecule has 20 heavy (non-hydrogen) atoms. The summed E-state index contributed by atoms with van der Waals surface area (Å²) in [5.74, 6) is -1.17. The first-order valence-corrected chi connectivity index (χ1v) is 6.07. The maximum Gasteiger partial charge on any atom is 0.488 e. The smallest absolute Gasteiger partial charge is 0.488 e. The summed E-state index contributed by atoms with van der Waals surface area (Å²) in [5, 5.41) is 18.2. The van der Waals surface area contributed by atoms with Crippen molar-refractivity contribution >= 4 is 24.2 Å². The van der Waals surface area contributed by atoms with Crippen molar-refractivity contribution in [3.63, 3.8) is 0 Å². The number of halogens is 3. The van der Waals surface area contributed by atoms with Gasteiger partial charge in [-0.3, -0.25) is 0 Å². The van der Waals surface area contributed by atoms with Gasteiger partial charge in [0.1, 0.15) is 24.0 Å². The lowest BCUT2D eigenvalue weighted by molar-refractivity contribution is 0.298. The van der Waals surface area contributed by atoms with E-state index in [4.69, 9.17) is 26.4 Å². The third kappa shape index (κ3) is 3.48. The van der Waals surface area contributed by atoms with Crippen LogP contribution < -0.4 is 10.2 Å². The Morgan fingerprint density at radius 1 is 1.15 bits per heavy atom. The summed E-state index contributed by atoms with van der Waals surface area (Å²) < 4.78 is 32.0. The molecule has 0 aliphatic heterocycles. The van der Waals surface area contributed by atoms with Crippen LogP contribution in [0.15, 0.2) is 36.4 Å². The summed E-state index contributed by atoms with van der Waals surface area (Å²) in [7, 11) is -1.81. The lowest BCUT2D eigenvalue weighted by atomic mass is 9.80. The molecule has 0 amide bonds. The molecule has 0 saturated carbocycles. The molecule has 2 aromatic rings. The molecular weight excluding hydrogens is 288 g/mol. The predicted octanol–water partition coefficient (Wildman–Crippen LogP) is 1.88. The summed E-state index contributed by atoms with van der Waals surface area (Å²) in [6.45, 7) is -0.198. The van der Waals surface area contributed by atoms with Gasteiger partial charge in [0.2, 0.25) is 0 Å². The maximum absolute atomic E-state index is 13.5. The average Bonchev–Trinajstić information content (AvgIpc) is 2.37. The highest BCUT2D eigenvalue weighted by Gasteiger charge is 2.14. The fourth-order valence-electron chi connectivity index (χ4n) is 1.64. The van der Waals surface area contributed by atoms with Crippen LogP contribution in [-0.2, 0) is 6.61 Å². The Labute approximate surface area is 119 Å². The zero-order valence-electron chi connectivity index (χ0n) is 10.2. The van der Waals surface area contributed by atoms with E-state index in [9.17, 15) is 8.78 Å². The molecule has 0 aliphatic rings. The summed E-state index contributed by atoms with van der Waals surface area (Å²) in [6.07, 6.45) is 0. The van der Waals surface area contributed by atoms with Crippen LogP contribution in [0.4, 0.5) is 8.78 Å². The van der Waals surface area contributed by atoms with Crippen LogP contribution in [0.2, 0.25) is 5.02 Å². The Kier molecular flexibility index (Phi) is 4.59. The molecule has 0 atom stereocenters. The largest absolute Gasteiger partial charge is 0.489 e. The first kappa shape index (κ1) is 14.8. The third-order valence-electron chi connectivity index (χ3n) is 2.64. The van der Waals surface area contributed by atoms with Crippen molar-refractivity contribution in [2.45, 2.75) is 6.61 Å². The van der Waals surface area contributed by atoms with Crippen LogP contribution in [0, 0.1) is 11.6 Å². The van der Waals surface area contributed by atoms with Gasteiger partial charge in [0.15, 0.2) is 0 Å². The van der Waals surface area contributed by atoms with Gasteiger partial charge < -0.3 is 14.8 Å². The molecule has 0 aliphatic carbocycles. The van der Waals surface area contributed by atoms with Crippen molar-refractivity contribution in [1.82, 2.24) is 0 Å². The minimum absolute atomic E-state index is 0.0485. The molecule has 0 saturated heterocycles. The summed E-state index contributed by atoms with van der Waals surface area (Å²) in [6, 6.07) is 7.48. The standard InChI is InChI=1S/C13H10BClF2O3/c15-12-2-1-3-13(17)11(12)7-20-10-5-8(14(18)19)4-9(16)6-10/h1-6,18-19H,7H2. The van der Waals surface area contributed by atoms with Crippen molar-refractivity contribution in [3.05, 3.63) is 58.6 Å². The average molecular weight is 298 g/mol. The van der Waals surface area contributed by atoms with Crippen LogP contribution in [0.5, 0.6) is 5.75 Å². The highest BCUT2D eigenvalue weighted by molar-refractivity contribution is 6.58. The molecular formula is C13H10BClF2O3. The molecule has 2 rings (SSSR count). The topological polar surface area (TPSA) is 49.7 Å². The van der Waals surface area contributed by atoms with E-state index in [-0.39, 0.29) is 28.4 Å². The molecule has 7 heteroatoms. The van der Waals surface area contributed by atoms with Gasteiger partial charge in [0.05, 0.1) is 5.02 Å². The van der Waals surface area contributed by atoms with Crippen LogP contribution in [0.3, 0.4) is 0 Å².